The number of carboxylic acids is 1. The first-order valence-corrected chi connectivity index (χ1v) is 10.8. The minimum atomic E-state index is -1.05. The largest absolute Gasteiger partial charge is 0.480 e. The number of amides is 2. The summed E-state index contributed by atoms with van der Waals surface area (Å²) < 4.78 is 5.55. The fraction of sp³-hybridized carbons (Fsp3) is 0.700. The summed E-state index contributed by atoms with van der Waals surface area (Å²) in [4.78, 5) is 42.1. The van der Waals surface area contributed by atoms with Crippen molar-refractivity contribution in [2.45, 2.75) is 77.5 Å². The smallest absolute Gasteiger partial charge is 0.411 e. The molecule has 4 atom stereocenters. The van der Waals surface area contributed by atoms with Gasteiger partial charge in [-0.2, -0.15) is 0 Å². The van der Waals surface area contributed by atoms with Gasteiger partial charge in [0.15, 0.2) is 0 Å². The minimum absolute atomic E-state index is 0.101. The Hall–Kier alpha value is -2.16. The van der Waals surface area contributed by atoms with Crippen LogP contribution >= 0.6 is 11.3 Å². The van der Waals surface area contributed by atoms with Crippen molar-refractivity contribution in [2.24, 2.45) is 5.92 Å². The summed E-state index contributed by atoms with van der Waals surface area (Å²) in [5.41, 5.74) is -0.732. The van der Waals surface area contributed by atoms with E-state index in [1.165, 1.54) is 23.2 Å². The van der Waals surface area contributed by atoms with Gasteiger partial charge in [0.25, 0.3) is 0 Å². The summed E-state index contributed by atoms with van der Waals surface area (Å²) in [5.74, 6) is -1.24. The molecule has 0 aromatic carbocycles. The monoisotopic (exact) mass is 425 g/mol. The Balaban J connectivity index is 2.36. The zero-order valence-corrected chi connectivity index (χ0v) is 18.5. The van der Waals surface area contributed by atoms with E-state index in [0.29, 0.717) is 19.4 Å². The highest BCUT2D eigenvalue weighted by Crippen LogP contribution is 2.42. The molecule has 1 aromatic rings. The van der Waals surface area contributed by atoms with Crippen molar-refractivity contribution in [3.63, 3.8) is 0 Å². The number of nitrogens with zero attached hydrogens (tertiary/aromatic N) is 2. The van der Waals surface area contributed by atoms with Gasteiger partial charge in [-0.15, -0.1) is 11.3 Å². The molecule has 2 N–H and O–H groups in total. The van der Waals surface area contributed by atoms with Gasteiger partial charge in [-0.05, 0) is 39.5 Å². The Labute approximate surface area is 175 Å². The first kappa shape index (κ1) is 23.1. The van der Waals surface area contributed by atoms with Crippen molar-refractivity contribution >= 4 is 29.3 Å². The Morgan fingerprint density at radius 2 is 2.10 bits per heavy atom. The molecule has 9 heteroatoms. The fourth-order valence-electron chi connectivity index (χ4n) is 3.72. The van der Waals surface area contributed by atoms with Gasteiger partial charge in [0.05, 0.1) is 5.01 Å². The van der Waals surface area contributed by atoms with Crippen LogP contribution in [0, 0.1) is 5.92 Å². The number of thiazole rings is 1. The van der Waals surface area contributed by atoms with Gasteiger partial charge >= 0.3 is 12.1 Å². The van der Waals surface area contributed by atoms with Crippen LogP contribution in [-0.4, -0.2) is 57.2 Å². The summed E-state index contributed by atoms with van der Waals surface area (Å²) >= 11 is 1.46. The van der Waals surface area contributed by atoms with Gasteiger partial charge in [0.1, 0.15) is 11.6 Å². The molecule has 162 valence electrons. The van der Waals surface area contributed by atoms with Crippen LogP contribution in [-0.2, 0) is 14.3 Å². The van der Waals surface area contributed by atoms with Crippen LogP contribution in [0.1, 0.15) is 64.8 Å². The number of nitrogens with one attached hydrogen (secondary N) is 1. The molecule has 1 fully saturated rings. The van der Waals surface area contributed by atoms with Crippen LogP contribution in [0.25, 0.3) is 0 Å². The normalized spacial score (nSPS) is 22.9. The predicted molar refractivity (Wildman–Crippen MR) is 110 cm³/mol. The predicted octanol–water partition coefficient (Wildman–Crippen LogP) is 3.24. The summed E-state index contributed by atoms with van der Waals surface area (Å²) in [6, 6.07) is -1.34. The van der Waals surface area contributed by atoms with Crippen molar-refractivity contribution < 1.29 is 24.2 Å². The van der Waals surface area contributed by atoms with Gasteiger partial charge in [-0.25, -0.2) is 14.6 Å². The van der Waals surface area contributed by atoms with E-state index in [-0.39, 0.29) is 23.8 Å². The number of carbonyl (C=O) groups is 3. The van der Waals surface area contributed by atoms with Crippen molar-refractivity contribution in [2.75, 3.05) is 6.54 Å². The van der Waals surface area contributed by atoms with E-state index in [1.807, 2.05) is 12.3 Å². The van der Waals surface area contributed by atoms with Crippen LogP contribution < -0.4 is 5.32 Å². The lowest BCUT2D eigenvalue weighted by molar-refractivity contribution is -0.142. The van der Waals surface area contributed by atoms with Crippen LogP contribution in [0.4, 0.5) is 4.79 Å². The van der Waals surface area contributed by atoms with Crippen molar-refractivity contribution in [1.82, 2.24) is 15.2 Å². The lowest BCUT2D eigenvalue weighted by Crippen LogP contribution is -2.48. The van der Waals surface area contributed by atoms with Gasteiger partial charge in [0, 0.05) is 37.0 Å². The first-order valence-electron chi connectivity index (χ1n) is 9.91. The molecule has 1 aliphatic heterocycles. The minimum Gasteiger partial charge on any atom is -0.480 e. The van der Waals surface area contributed by atoms with E-state index in [4.69, 9.17) is 4.74 Å². The molecule has 2 amide bonds. The number of aliphatic carboxylic acids is 1. The van der Waals surface area contributed by atoms with Crippen molar-refractivity contribution in [3.8, 4) is 0 Å². The number of likely N-dealkylation sites (tertiary alicyclic amines) is 1. The molecule has 2 heterocycles. The maximum absolute atomic E-state index is 13.0. The number of carbonyl (C=O) groups excluding carboxylic acids is 2. The molecule has 29 heavy (non-hydrogen) atoms. The number of hydrogen-bond acceptors (Lipinski definition) is 6. The summed E-state index contributed by atoms with van der Waals surface area (Å²) in [6.07, 6.45) is 2.72. The molecular formula is C20H31N3O5S. The number of aromatic nitrogens is 1. The molecular weight excluding hydrogens is 394 g/mol. The van der Waals surface area contributed by atoms with Crippen LogP contribution in [0.2, 0.25) is 0 Å². The van der Waals surface area contributed by atoms with E-state index in [1.54, 1.807) is 27.0 Å². The van der Waals surface area contributed by atoms with Gasteiger partial charge < -0.3 is 15.2 Å². The maximum Gasteiger partial charge on any atom is 0.411 e. The molecule has 1 aliphatic rings. The highest BCUT2D eigenvalue weighted by molar-refractivity contribution is 7.09. The fourth-order valence-corrected chi connectivity index (χ4v) is 4.53. The van der Waals surface area contributed by atoms with E-state index < -0.39 is 23.7 Å². The summed E-state index contributed by atoms with van der Waals surface area (Å²) in [5, 5.41) is 15.3. The first-order chi connectivity index (χ1) is 13.5. The zero-order valence-electron chi connectivity index (χ0n) is 17.7. The van der Waals surface area contributed by atoms with Crippen LogP contribution in [0.3, 0.4) is 0 Å². The molecule has 0 bridgehead atoms. The third kappa shape index (κ3) is 6.16. The molecule has 1 aromatic heterocycles. The lowest BCUT2D eigenvalue weighted by Gasteiger charge is -2.34. The number of hydrogen-bond donors (Lipinski definition) is 2. The molecule has 1 saturated heterocycles. The van der Waals surface area contributed by atoms with Gasteiger partial charge in [-0.3, -0.25) is 9.69 Å². The second-order valence-corrected chi connectivity index (χ2v) is 9.39. The Morgan fingerprint density at radius 3 is 2.59 bits per heavy atom. The molecule has 0 spiro atoms. The van der Waals surface area contributed by atoms with Crippen molar-refractivity contribution in [1.29, 1.82) is 0 Å². The zero-order chi connectivity index (χ0) is 21.8. The second kappa shape index (κ2) is 9.56. The molecule has 0 radical (unpaired) electrons. The molecule has 8 nitrogen and oxygen atoms in total. The van der Waals surface area contributed by atoms with E-state index >= 15 is 0 Å². The Morgan fingerprint density at radius 1 is 1.41 bits per heavy atom. The van der Waals surface area contributed by atoms with Crippen LogP contribution in [0.5, 0.6) is 0 Å². The highest BCUT2D eigenvalue weighted by Gasteiger charge is 2.50. The Kier molecular flexibility index (Phi) is 7.62. The molecule has 4 unspecified atom stereocenters. The third-order valence-corrected chi connectivity index (χ3v) is 5.99. The summed E-state index contributed by atoms with van der Waals surface area (Å²) in [6.45, 7) is 9.24. The maximum atomic E-state index is 13.0. The van der Waals surface area contributed by atoms with Gasteiger partial charge in [0.2, 0.25) is 5.91 Å². The molecule has 0 saturated carbocycles. The Bertz CT molecular complexity index is 716. The highest BCUT2D eigenvalue weighted by atomic mass is 32.1. The van der Waals surface area contributed by atoms with E-state index in [0.717, 1.165) is 11.4 Å². The van der Waals surface area contributed by atoms with Gasteiger partial charge in [-0.1, -0.05) is 13.3 Å². The standard InChI is InChI=1S/C20H31N3O5S/c1-6-13(11-22-12(2)24)9-15-14(17-21-7-8-29-17)10-16(18(25)26)23(15)19(27)28-20(3,4)5/h7-8,13-16H,6,9-11H2,1-5H3,(H,22,24)(H,25,26). The summed E-state index contributed by atoms with van der Waals surface area (Å²) in [7, 11) is 0. The average molecular weight is 426 g/mol. The molecule has 0 aliphatic carbocycles. The number of rotatable bonds is 7. The van der Waals surface area contributed by atoms with E-state index in [2.05, 4.69) is 10.3 Å². The van der Waals surface area contributed by atoms with E-state index in [9.17, 15) is 19.5 Å². The molecule has 2 rings (SSSR count). The number of carboxylic acid groups (broad SMARTS) is 1. The number of ether oxygens (including phenoxy) is 1. The SMILES string of the molecule is CCC(CNC(C)=O)CC1C(c2nccs2)CC(C(=O)O)N1C(=O)OC(C)(C)C. The lowest BCUT2D eigenvalue weighted by atomic mass is 9.89. The second-order valence-electron chi connectivity index (χ2n) is 8.47. The topological polar surface area (TPSA) is 109 Å². The van der Waals surface area contributed by atoms with Crippen molar-refractivity contribution in [3.05, 3.63) is 16.6 Å². The quantitative estimate of drug-likeness (QED) is 0.694. The third-order valence-electron chi connectivity index (χ3n) is 5.08. The van der Waals surface area contributed by atoms with Crippen LogP contribution in [0.15, 0.2) is 11.6 Å². The average Bonchev–Trinajstić information content (AvgIpc) is 3.24.